The van der Waals surface area contributed by atoms with Crippen LogP contribution < -0.4 is 10.6 Å². The summed E-state index contributed by atoms with van der Waals surface area (Å²) in [7, 11) is 0. The quantitative estimate of drug-likeness (QED) is 0.454. The summed E-state index contributed by atoms with van der Waals surface area (Å²) in [6.45, 7) is 1.55. The number of phenols is 1. The summed E-state index contributed by atoms with van der Waals surface area (Å²) in [5, 5.41) is 39.1. The van der Waals surface area contributed by atoms with E-state index in [-0.39, 0.29) is 18.1 Å². The first-order valence-corrected chi connectivity index (χ1v) is 10.9. The molecule has 2 saturated heterocycles. The molecule has 0 unspecified atom stereocenters. The molecule has 1 spiro atoms. The van der Waals surface area contributed by atoms with Crippen LogP contribution >= 0.6 is 0 Å². The zero-order valence-corrected chi connectivity index (χ0v) is 16.7. The smallest absolute Gasteiger partial charge is 0.322 e. The topological polar surface area (TPSA) is 122 Å². The molecule has 5 atom stereocenters. The molecule has 30 heavy (non-hydrogen) atoms. The van der Waals surface area contributed by atoms with Gasteiger partial charge in [0.25, 0.3) is 5.91 Å². The van der Waals surface area contributed by atoms with Gasteiger partial charge >= 0.3 is 6.03 Å². The fourth-order valence-corrected chi connectivity index (χ4v) is 6.89. The molecule has 6 rings (SSSR count). The van der Waals surface area contributed by atoms with Crippen LogP contribution in [0.4, 0.5) is 4.79 Å². The molecule has 5 N–H and O–H groups in total. The molecular weight excluding hydrogens is 386 g/mol. The SMILES string of the molecule is O=C1NC(=O)[C@@]2(CC[C@@]3(O)[C@H]4[C@H](O)c5ccc(O)cc5[C@@]3(CCN4CC3CC3)C2)N1. The maximum Gasteiger partial charge on any atom is 0.322 e. The van der Waals surface area contributed by atoms with Gasteiger partial charge in [-0.1, -0.05) is 6.07 Å². The number of fused-ring (bicyclic) bond motifs is 1. The second kappa shape index (κ2) is 5.75. The van der Waals surface area contributed by atoms with Crippen LogP contribution in [0, 0.1) is 5.92 Å². The summed E-state index contributed by atoms with van der Waals surface area (Å²) in [4.78, 5) is 27.0. The van der Waals surface area contributed by atoms with Crippen molar-refractivity contribution in [1.82, 2.24) is 15.5 Å². The molecule has 1 aromatic carbocycles. The van der Waals surface area contributed by atoms with Gasteiger partial charge in [0.2, 0.25) is 0 Å². The van der Waals surface area contributed by atoms with E-state index in [1.54, 1.807) is 18.2 Å². The molecule has 8 heteroatoms. The highest BCUT2D eigenvalue weighted by Gasteiger charge is 2.71. The van der Waals surface area contributed by atoms with Gasteiger partial charge in [0.15, 0.2) is 0 Å². The number of hydrogen-bond donors (Lipinski definition) is 5. The predicted molar refractivity (Wildman–Crippen MR) is 106 cm³/mol. The third-order valence-corrected chi connectivity index (χ3v) is 8.45. The van der Waals surface area contributed by atoms with Gasteiger partial charge in [-0.3, -0.25) is 15.0 Å². The molecule has 2 bridgehead atoms. The molecule has 2 heterocycles. The number of urea groups is 1. The van der Waals surface area contributed by atoms with E-state index in [4.69, 9.17) is 0 Å². The van der Waals surface area contributed by atoms with Crippen LogP contribution in [0.25, 0.3) is 0 Å². The largest absolute Gasteiger partial charge is 0.508 e. The molecule has 2 aliphatic heterocycles. The van der Waals surface area contributed by atoms with E-state index in [0.717, 1.165) is 6.54 Å². The highest BCUT2D eigenvalue weighted by molar-refractivity contribution is 6.07. The Morgan fingerprint density at radius 1 is 1.17 bits per heavy atom. The van der Waals surface area contributed by atoms with Crippen molar-refractivity contribution in [3.63, 3.8) is 0 Å². The number of aliphatic hydroxyl groups is 2. The van der Waals surface area contributed by atoms with E-state index < -0.39 is 34.7 Å². The Kier molecular flexibility index (Phi) is 3.56. The summed E-state index contributed by atoms with van der Waals surface area (Å²) >= 11 is 0. The number of likely N-dealkylation sites (tertiary alicyclic amines) is 1. The average molecular weight is 413 g/mol. The fraction of sp³-hybridized carbons (Fsp3) is 0.636. The van der Waals surface area contributed by atoms with Gasteiger partial charge < -0.3 is 20.6 Å². The number of aromatic hydroxyl groups is 1. The predicted octanol–water partition coefficient (Wildman–Crippen LogP) is 0.654. The van der Waals surface area contributed by atoms with Crippen LogP contribution in [0.3, 0.4) is 0 Å². The van der Waals surface area contributed by atoms with Crippen molar-refractivity contribution in [2.75, 3.05) is 13.1 Å². The lowest BCUT2D eigenvalue weighted by Crippen LogP contribution is -2.77. The van der Waals surface area contributed by atoms with Crippen LogP contribution in [0.5, 0.6) is 5.75 Å². The fourth-order valence-electron chi connectivity index (χ4n) is 6.89. The molecule has 0 aromatic heterocycles. The lowest BCUT2D eigenvalue weighted by atomic mass is 9.46. The summed E-state index contributed by atoms with van der Waals surface area (Å²) in [6.07, 6.45) is 2.95. The summed E-state index contributed by atoms with van der Waals surface area (Å²) in [5.74, 6) is 0.328. The van der Waals surface area contributed by atoms with Crippen LogP contribution in [0.1, 0.15) is 55.8 Å². The third-order valence-electron chi connectivity index (χ3n) is 8.45. The second-order valence-electron chi connectivity index (χ2n) is 10.0. The van der Waals surface area contributed by atoms with E-state index in [1.165, 1.54) is 12.8 Å². The van der Waals surface area contributed by atoms with Crippen molar-refractivity contribution in [1.29, 1.82) is 0 Å². The van der Waals surface area contributed by atoms with E-state index in [9.17, 15) is 24.9 Å². The molecule has 3 aliphatic carbocycles. The maximum atomic E-state index is 12.8. The Hall–Kier alpha value is -2.16. The standard InChI is InChI=1S/C22H27N3O5/c26-13-3-4-14-15(9-13)20-7-8-25(10-12-1-2-12)17(16(14)27)22(20,30)6-5-21(11-20)18(28)23-19(29)24-21/h3-4,9,12,16-17,26-27,30H,1-2,5-8,10-11H2,(H2,23,24,28,29)/t16-,17-,20-,21+,22-/m1/s1. The number of phenolic OH excluding ortho intramolecular Hbond substituents is 1. The number of aliphatic hydroxyl groups excluding tert-OH is 1. The van der Waals surface area contributed by atoms with Crippen LogP contribution in [0.2, 0.25) is 0 Å². The molecule has 5 aliphatic rings. The van der Waals surface area contributed by atoms with Gasteiger partial charge in [0.05, 0.1) is 17.7 Å². The number of piperidine rings is 1. The monoisotopic (exact) mass is 413 g/mol. The number of nitrogens with zero attached hydrogens (tertiary/aromatic N) is 1. The van der Waals surface area contributed by atoms with E-state index in [2.05, 4.69) is 15.5 Å². The van der Waals surface area contributed by atoms with Crippen molar-refractivity contribution in [2.24, 2.45) is 5.92 Å². The van der Waals surface area contributed by atoms with Gasteiger partial charge in [0.1, 0.15) is 11.3 Å². The number of hydrogen-bond acceptors (Lipinski definition) is 6. The molecule has 1 aromatic rings. The number of rotatable bonds is 2. The molecule has 4 fully saturated rings. The molecule has 160 valence electrons. The first-order valence-electron chi connectivity index (χ1n) is 10.9. The molecular formula is C22H27N3O5. The van der Waals surface area contributed by atoms with Crippen molar-refractivity contribution in [3.05, 3.63) is 29.3 Å². The highest BCUT2D eigenvalue weighted by atomic mass is 16.3. The minimum absolute atomic E-state index is 0.0658. The first-order chi connectivity index (χ1) is 14.3. The van der Waals surface area contributed by atoms with Gasteiger partial charge in [-0.2, -0.15) is 0 Å². The lowest BCUT2D eigenvalue weighted by molar-refractivity contribution is -0.207. The lowest BCUT2D eigenvalue weighted by Gasteiger charge is -2.66. The van der Waals surface area contributed by atoms with E-state index >= 15 is 0 Å². The zero-order chi connectivity index (χ0) is 20.9. The number of benzene rings is 1. The summed E-state index contributed by atoms with van der Waals surface area (Å²) < 4.78 is 0. The average Bonchev–Trinajstić information content (AvgIpc) is 3.46. The molecule has 2 saturated carbocycles. The number of carbonyl (C=O) groups excluding carboxylic acids is 2. The minimum Gasteiger partial charge on any atom is -0.508 e. The molecule has 3 amide bonds. The second-order valence-corrected chi connectivity index (χ2v) is 10.0. The Bertz CT molecular complexity index is 964. The number of imide groups is 1. The summed E-state index contributed by atoms with van der Waals surface area (Å²) in [5.41, 5.74) is -1.76. The van der Waals surface area contributed by atoms with Crippen molar-refractivity contribution in [3.8, 4) is 5.75 Å². The van der Waals surface area contributed by atoms with Crippen molar-refractivity contribution in [2.45, 2.75) is 67.2 Å². The van der Waals surface area contributed by atoms with Crippen molar-refractivity contribution < 1.29 is 24.9 Å². The maximum absolute atomic E-state index is 12.8. The Balaban J connectivity index is 1.53. The number of nitrogens with one attached hydrogen (secondary N) is 2. The van der Waals surface area contributed by atoms with E-state index in [1.807, 2.05) is 0 Å². The third kappa shape index (κ3) is 2.22. The Labute approximate surface area is 174 Å². The zero-order valence-electron chi connectivity index (χ0n) is 16.7. The van der Waals surface area contributed by atoms with Gasteiger partial charge in [-0.25, -0.2) is 4.79 Å². The van der Waals surface area contributed by atoms with Crippen LogP contribution in [-0.4, -0.2) is 62.4 Å². The molecule has 0 radical (unpaired) electrons. The Morgan fingerprint density at radius 2 is 1.97 bits per heavy atom. The first kappa shape index (κ1) is 18.6. The molecule has 8 nitrogen and oxygen atoms in total. The van der Waals surface area contributed by atoms with Crippen molar-refractivity contribution >= 4 is 11.9 Å². The normalized spacial score (nSPS) is 42.5. The minimum atomic E-state index is -1.25. The van der Waals surface area contributed by atoms with Gasteiger partial charge in [0, 0.05) is 12.0 Å². The summed E-state index contributed by atoms with van der Waals surface area (Å²) in [6, 6.07) is 3.95. The van der Waals surface area contributed by atoms with Gasteiger partial charge in [-0.05, 0) is 74.2 Å². The Morgan fingerprint density at radius 3 is 2.67 bits per heavy atom. The number of amides is 3. The van der Waals surface area contributed by atoms with Gasteiger partial charge in [-0.15, -0.1) is 0 Å². The van der Waals surface area contributed by atoms with Crippen LogP contribution in [-0.2, 0) is 10.2 Å². The van der Waals surface area contributed by atoms with Crippen LogP contribution in [0.15, 0.2) is 18.2 Å². The number of carbonyl (C=O) groups is 2. The highest BCUT2D eigenvalue weighted by Crippen LogP contribution is 2.63. The van der Waals surface area contributed by atoms with E-state index in [0.29, 0.717) is 42.9 Å².